The molecule has 2 rings (SSSR count). The van der Waals surface area contributed by atoms with E-state index in [0.29, 0.717) is 11.4 Å². The van der Waals surface area contributed by atoms with Crippen LogP contribution >= 0.6 is 24.8 Å². The molecule has 2 N–H and O–H groups in total. The van der Waals surface area contributed by atoms with Crippen molar-refractivity contribution in [1.82, 2.24) is 4.98 Å². The third-order valence-electron chi connectivity index (χ3n) is 2.22. The molecule has 0 unspecified atom stereocenters. The minimum atomic E-state index is 0. The van der Waals surface area contributed by atoms with Crippen molar-refractivity contribution in [1.29, 1.82) is 0 Å². The van der Waals surface area contributed by atoms with Gasteiger partial charge in [0.05, 0.1) is 12.8 Å². The molecular weight excluding hydrogens is 259 g/mol. The summed E-state index contributed by atoms with van der Waals surface area (Å²) in [6, 6.07) is 9.60. The average Bonchev–Trinajstić information content (AvgIpc) is 2.30. The molecule has 1 heterocycles. The van der Waals surface area contributed by atoms with Crippen LogP contribution in [0.4, 0.5) is 5.69 Å². The van der Waals surface area contributed by atoms with Crippen LogP contribution in [0, 0.1) is 0 Å². The van der Waals surface area contributed by atoms with Gasteiger partial charge in [-0.3, -0.25) is 4.98 Å². The molecule has 3 nitrogen and oxygen atoms in total. The van der Waals surface area contributed by atoms with Crippen LogP contribution in [0.3, 0.4) is 0 Å². The van der Waals surface area contributed by atoms with Crippen molar-refractivity contribution < 1.29 is 4.74 Å². The number of nitrogens with zero attached hydrogens (tertiary/aromatic N) is 1. The minimum Gasteiger partial charge on any atom is -0.495 e. The number of aromatic nitrogens is 1. The molecular formula is C12H14Cl2N2O. The van der Waals surface area contributed by atoms with Crippen molar-refractivity contribution in [3.05, 3.63) is 42.7 Å². The predicted octanol–water partition coefficient (Wildman–Crippen LogP) is 3.18. The summed E-state index contributed by atoms with van der Waals surface area (Å²) >= 11 is 0. The molecule has 1 aromatic heterocycles. The van der Waals surface area contributed by atoms with Crippen LogP contribution in [-0.2, 0) is 0 Å². The lowest BCUT2D eigenvalue weighted by Gasteiger charge is -2.06. The van der Waals surface area contributed by atoms with Crippen LogP contribution in [0.2, 0.25) is 0 Å². The third kappa shape index (κ3) is 3.51. The highest BCUT2D eigenvalue weighted by molar-refractivity contribution is 5.85. The molecule has 0 aliphatic carbocycles. The number of nitrogen functional groups attached to an aromatic ring is 1. The number of methoxy groups -OCH3 is 1. The molecule has 0 aliphatic heterocycles. The maximum Gasteiger partial charge on any atom is 0.141 e. The Balaban J connectivity index is 0.00000128. The maximum absolute atomic E-state index is 5.82. The number of anilines is 1. The van der Waals surface area contributed by atoms with E-state index in [1.165, 1.54) is 0 Å². The largest absolute Gasteiger partial charge is 0.495 e. The number of ether oxygens (including phenoxy) is 1. The Labute approximate surface area is 113 Å². The van der Waals surface area contributed by atoms with Gasteiger partial charge in [-0.05, 0) is 23.8 Å². The van der Waals surface area contributed by atoms with Gasteiger partial charge < -0.3 is 10.5 Å². The van der Waals surface area contributed by atoms with Crippen LogP contribution in [-0.4, -0.2) is 12.1 Å². The summed E-state index contributed by atoms with van der Waals surface area (Å²) in [4.78, 5) is 4.06. The van der Waals surface area contributed by atoms with Gasteiger partial charge in [0, 0.05) is 18.0 Å². The molecule has 0 aliphatic rings. The van der Waals surface area contributed by atoms with E-state index in [1.807, 2.05) is 30.3 Å². The van der Waals surface area contributed by atoms with Crippen molar-refractivity contribution in [3.8, 4) is 16.9 Å². The quantitative estimate of drug-likeness (QED) is 0.855. The first-order chi connectivity index (χ1) is 7.31. The van der Waals surface area contributed by atoms with Crippen LogP contribution in [0.1, 0.15) is 0 Å². The Morgan fingerprint density at radius 2 is 1.88 bits per heavy atom. The summed E-state index contributed by atoms with van der Waals surface area (Å²) in [7, 11) is 1.61. The van der Waals surface area contributed by atoms with Crippen molar-refractivity contribution in [2.75, 3.05) is 12.8 Å². The highest BCUT2D eigenvalue weighted by Gasteiger charge is 2.02. The van der Waals surface area contributed by atoms with Crippen LogP contribution in [0.25, 0.3) is 11.1 Å². The van der Waals surface area contributed by atoms with Crippen LogP contribution in [0.5, 0.6) is 5.75 Å². The summed E-state index contributed by atoms with van der Waals surface area (Å²) < 4.78 is 5.10. The average molecular weight is 273 g/mol. The van der Waals surface area contributed by atoms with E-state index in [1.54, 1.807) is 19.5 Å². The number of rotatable bonds is 2. The smallest absolute Gasteiger partial charge is 0.141 e. The van der Waals surface area contributed by atoms with E-state index in [0.717, 1.165) is 11.1 Å². The second kappa shape index (κ2) is 6.99. The zero-order valence-electron chi connectivity index (χ0n) is 9.29. The number of benzene rings is 1. The zero-order valence-corrected chi connectivity index (χ0v) is 10.9. The predicted molar refractivity (Wildman–Crippen MR) is 75.1 cm³/mol. The van der Waals surface area contributed by atoms with Crippen molar-refractivity contribution in [2.45, 2.75) is 0 Å². The Hall–Kier alpha value is -1.45. The van der Waals surface area contributed by atoms with Crippen molar-refractivity contribution >= 4 is 30.5 Å². The van der Waals surface area contributed by atoms with Gasteiger partial charge in [0.1, 0.15) is 5.75 Å². The monoisotopic (exact) mass is 272 g/mol. The van der Waals surface area contributed by atoms with Gasteiger partial charge in [-0.25, -0.2) is 0 Å². The normalized spacial score (nSPS) is 8.76. The molecule has 0 atom stereocenters. The number of halogens is 2. The Morgan fingerprint density at radius 1 is 1.12 bits per heavy atom. The van der Waals surface area contributed by atoms with E-state index in [-0.39, 0.29) is 24.8 Å². The topological polar surface area (TPSA) is 48.1 Å². The molecule has 2 aromatic rings. The number of hydrogen-bond donors (Lipinski definition) is 1. The van der Waals surface area contributed by atoms with E-state index in [9.17, 15) is 0 Å². The van der Waals surface area contributed by atoms with Gasteiger partial charge in [0.2, 0.25) is 0 Å². The molecule has 0 fully saturated rings. The fourth-order valence-corrected chi connectivity index (χ4v) is 1.45. The lowest BCUT2D eigenvalue weighted by Crippen LogP contribution is -1.92. The molecule has 92 valence electrons. The van der Waals surface area contributed by atoms with Gasteiger partial charge >= 0.3 is 0 Å². The highest BCUT2D eigenvalue weighted by atomic mass is 35.5. The molecule has 17 heavy (non-hydrogen) atoms. The molecule has 0 amide bonds. The molecule has 5 heteroatoms. The van der Waals surface area contributed by atoms with Crippen LogP contribution < -0.4 is 10.5 Å². The van der Waals surface area contributed by atoms with Gasteiger partial charge in [0.25, 0.3) is 0 Å². The molecule has 0 saturated carbocycles. The molecule has 0 bridgehead atoms. The number of pyridine rings is 1. The summed E-state index contributed by atoms with van der Waals surface area (Å²) in [6.07, 6.45) is 3.55. The Kier molecular flexibility index (Phi) is 6.39. The molecule has 0 saturated heterocycles. The lowest BCUT2D eigenvalue weighted by molar-refractivity contribution is 0.417. The highest BCUT2D eigenvalue weighted by Crippen LogP contribution is 2.27. The Bertz CT molecular complexity index is 463. The standard InChI is InChI=1S/C12H12N2O.2ClH/c1-15-12-5-4-9(7-11(12)13)10-3-2-6-14-8-10;;/h2-8H,13H2,1H3;2*1H. The zero-order chi connectivity index (χ0) is 10.7. The van der Waals surface area contributed by atoms with E-state index in [4.69, 9.17) is 10.5 Å². The van der Waals surface area contributed by atoms with E-state index in [2.05, 4.69) is 4.98 Å². The minimum absolute atomic E-state index is 0. The first kappa shape index (κ1) is 15.6. The van der Waals surface area contributed by atoms with E-state index < -0.39 is 0 Å². The summed E-state index contributed by atoms with van der Waals surface area (Å²) in [5, 5.41) is 0. The number of hydrogen-bond acceptors (Lipinski definition) is 3. The van der Waals surface area contributed by atoms with E-state index >= 15 is 0 Å². The van der Waals surface area contributed by atoms with Gasteiger partial charge in [0.15, 0.2) is 0 Å². The number of nitrogens with two attached hydrogens (primary N) is 1. The summed E-state index contributed by atoms with van der Waals surface area (Å²) in [5.41, 5.74) is 8.55. The van der Waals surface area contributed by atoms with Gasteiger partial charge in [-0.2, -0.15) is 0 Å². The Morgan fingerprint density at radius 3 is 2.41 bits per heavy atom. The fraction of sp³-hybridized carbons (Fsp3) is 0.0833. The van der Waals surface area contributed by atoms with Crippen molar-refractivity contribution in [2.24, 2.45) is 0 Å². The van der Waals surface area contributed by atoms with Gasteiger partial charge in [-0.1, -0.05) is 12.1 Å². The first-order valence-corrected chi connectivity index (χ1v) is 4.65. The summed E-state index contributed by atoms with van der Waals surface area (Å²) in [6.45, 7) is 0. The molecule has 0 radical (unpaired) electrons. The lowest BCUT2D eigenvalue weighted by atomic mass is 10.1. The first-order valence-electron chi connectivity index (χ1n) is 4.65. The summed E-state index contributed by atoms with van der Waals surface area (Å²) in [5.74, 6) is 0.697. The SMILES string of the molecule is COc1ccc(-c2cccnc2)cc1N.Cl.Cl. The molecule has 1 aromatic carbocycles. The molecule has 0 spiro atoms. The van der Waals surface area contributed by atoms with Crippen LogP contribution in [0.15, 0.2) is 42.7 Å². The fourth-order valence-electron chi connectivity index (χ4n) is 1.45. The second-order valence-corrected chi connectivity index (χ2v) is 3.20. The van der Waals surface area contributed by atoms with Gasteiger partial charge in [-0.15, -0.1) is 24.8 Å². The maximum atomic E-state index is 5.82. The second-order valence-electron chi connectivity index (χ2n) is 3.20. The third-order valence-corrected chi connectivity index (χ3v) is 2.22. The van der Waals surface area contributed by atoms with Crippen molar-refractivity contribution in [3.63, 3.8) is 0 Å².